The van der Waals surface area contributed by atoms with Crippen molar-refractivity contribution in [1.82, 2.24) is 19.8 Å². The maximum Gasteiger partial charge on any atom is 0.289 e. The summed E-state index contributed by atoms with van der Waals surface area (Å²) in [6.07, 6.45) is 2.41. The molecule has 1 aromatic carbocycles. The number of nitrogens with zero attached hydrogens (tertiary/aromatic N) is 4. The number of fused-ring (bicyclic) bond motifs is 1. The molecule has 0 bridgehead atoms. The Bertz CT molecular complexity index is 1230. The van der Waals surface area contributed by atoms with Crippen molar-refractivity contribution in [2.45, 2.75) is 33.1 Å². The van der Waals surface area contributed by atoms with Gasteiger partial charge < -0.3 is 19.0 Å². The summed E-state index contributed by atoms with van der Waals surface area (Å²) >= 11 is 0. The lowest BCUT2D eigenvalue weighted by molar-refractivity contribution is 0.0301. The van der Waals surface area contributed by atoms with Gasteiger partial charge in [-0.3, -0.25) is 9.59 Å². The Hall–Kier alpha value is -3.26. The number of carbonyl (C=O) groups excluding carboxylic acids is 2. The Morgan fingerprint density at radius 2 is 1.82 bits per heavy atom. The third-order valence-corrected chi connectivity index (χ3v) is 6.65. The van der Waals surface area contributed by atoms with Gasteiger partial charge in [0, 0.05) is 49.2 Å². The van der Waals surface area contributed by atoms with Gasteiger partial charge in [-0.05, 0) is 39.3 Å². The number of carbonyl (C=O) groups is 2. The number of morpholine rings is 1. The summed E-state index contributed by atoms with van der Waals surface area (Å²) in [7, 11) is 0. The molecule has 2 aliphatic heterocycles. The number of aryl methyl sites for hydroxylation is 3. The standard InChI is InChI=1S/C25H28N4O4/c1-15-4-5-21-19(12-15)16(2)22(33-21)25(31)29-7-6-18(14-29)23-26-13-20(17(3)27-23)24(30)28-8-10-32-11-9-28/h4-5,12-13,18H,6-11,14H2,1-3H3. The monoisotopic (exact) mass is 448 g/mol. The van der Waals surface area contributed by atoms with Crippen LogP contribution < -0.4 is 0 Å². The van der Waals surface area contributed by atoms with Crippen LogP contribution in [0.15, 0.2) is 28.8 Å². The number of hydrogen-bond acceptors (Lipinski definition) is 6. The van der Waals surface area contributed by atoms with Gasteiger partial charge in [0.2, 0.25) is 0 Å². The summed E-state index contributed by atoms with van der Waals surface area (Å²) in [6.45, 7) is 9.24. The highest BCUT2D eigenvalue weighted by atomic mass is 16.5. The quantitative estimate of drug-likeness (QED) is 0.611. The van der Waals surface area contributed by atoms with Gasteiger partial charge in [0.1, 0.15) is 11.4 Å². The summed E-state index contributed by atoms with van der Waals surface area (Å²) in [5.41, 5.74) is 3.94. The second-order valence-corrected chi connectivity index (χ2v) is 8.92. The summed E-state index contributed by atoms with van der Waals surface area (Å²) in [6, 6.07) is 5.95. The van der Waals surface area contributed by atoms with Crippen molar-refractivity contribution in [2.75, 3.05) is 39.4 Å². The maximum atomic E-state index is 13.2. The molecule has 2 aliphatic rings. The molecule has 0 aliphatic carbocycles. The van der Waals surface area contributed by atoms with E-state index in [4.69, 9.17) is 9.15 Å². The minimum absolute atomic E-state index is 0.0344. The number of furan rings is 1. The van der Waals surface area contributed by atoms with Crippen molar-refractivity contribution < 1.29 is 18.7 Å². The van der Waals surface area contributed by atoms with E-state index in [0.717, 1.165) is 28.5 Å². The lowest BCUT2D eigenvalue weighted by Gasteiger charge is -2.27. The first-order chi connectivity index (χ1) is 15.9. The molecule has 172 valence electrons. The van der Waals surface area contributed by atoms with Gasteiger partial charge in [-0.2, -0.15) is 0 Å². The SMILES string of the molecule is Cc1ccc2oc(C(=O)N3CCC(c4ncc(C(=O)N5CCOCC5)c(C)n4)C3)c(C)c2c1. The Morgan fingerprint density at radius 1 is 1.03 bits per heavy atom. The van der Waals surface area contributed by atoms with Crippen LogP contribution in [0.25, 0.3) is 11.0 Å². The fraction of sp³-hybridized carbons (Fsp3) is 0.440. The number of likely N-dealkylation sites (tertiary alicyclic amines) is 1. The van der Waals surface area contributed by atoms with Crippen LogP contribution in [0.5, 0.6) is 0 Å². The van der Waals surface area contributed by atoms with Crippen molar-refractivity contribution in [3.63, 3.8) is 0 Å². The normalized spacial score (nSPS) is 18.8. The first kappa shape index (κ1) is 21.6. The molecular weight excluding hydrogens is 420 g/mol. The van der Waals surface area contributed by atoms with Gasteiger partial charge in [-0.1, -0.05) is 11.6 Å². The molecule has 33 heavy (non-hydrogen) atoms. The molecule has 0 radical (unpaired) electrons. The number of amides is 2. The molecule has 1 unspecified atom stereocenters. The number of hydrogen-bond donors (Lipinski definition) is 0. The molecule has 3 aromatic rings. The van der Waals surface area contributed by atoms with E-state index in [-0.39, 0.29) is 17.7 Å². The molecule has 2 fully saturated rings. The Balaban J connectivity index is 1.31. The average molecular weight is 449 g/mol. The number of ether oxygens (including phenoxy) is 1. The lowest BCUT2D eigenvalue weighted by Crippen LogP contribution is -2.41. The van der Waals surface area contributed by atoms with Gasteiger partial charge in [0.25, 0.3) is 11.8 Å². The van der Waals surface area contributed by atoms with Crippen LogP contribution >= 0.6 is 0 Å². The molecular formula is C25H28N4O4. The van der Waals surface area contributed by atoms with Gasteiger partial charge in [-0.25, -0.2) is 9.97 Å². The summed E-state index contributed by atoms with van der Waals surface area (Å²) < 4.78 is 11.2. The topological polar surface area (TPSA) is 88.8 Å². The number of benzene rings is 1. The van der Waals surface area contributed by atoms with Gasteiger partial charge >= 0.3 is 0 Å². The van der Waals surface area contributed by atoms with Gasteiger partial charge in [0.05, 0.1) is 24.5 Å². The van der Waals surface area contributed by atoms with Crippen LogP contribution in [-0.2, 0) is 4.74 Å². The fourth-order valence-electron chi connectivity index (χ4n) is 4.67. The lowest BCUT2D eigenvalue weighted by atomic mass is 10.1. The second kappa shape index (κ2) is 8.59. The molecule has 8 nitrogen and oxygen atoms in total. The van der Waals surface area contributed by atoms with E-state index in [2.05, 4.69) is 9.97 Å². The molecule has 5 rings (SSSR count). The summed E-state index contributed by atoms with van der Waals surface area (Å²) in [5, 5.41) is 0.980. The van der Waals surface area contributed by atoms with E-state index in [0.29, 0.717) is 62.2 Å². The molecule has 1 atom stereocenters. The minimum Gasteiger partial charge on any atom is -0.451 e. The van der Waals surface area contributed by atoms with Crippen LogP contribution in [0.2, 0.25) is 0 Å². The van der Waals surface area contributed by atoms with Crippen molar-refractivity contribution >= 4 is 22.8 Å². The van der Waals surface area contributed by atoms with Crippen LogP contribution in [0, 0.1) is 20.8 Å². The Kier molecular flexibility index (Phi) is 5.62. The number of aromatic nitrogens is 2. The highest BCUT2D eigenvalue weighted by Gasteiger charge is 2.33. The smallest absolute Gasteiger partial charge is 0.289 e. The van der Waals surface area contributed by atoms with E-state index < -0.39 is 0 Å². The van der Waals surface area contributed by atoms with Crippen molar-refractivity contribution in [3.05, 3.63) is 58.4 Å². The fourth-order valence-corrected chi connectivity index (χ4v) is 4.67. The van der Waals surface area contributed by atoms with E-state index >= 15 is 0 Å². The molecule has 0 N–H and O–H groups in total. The van der Waals surface area contributed by atoms with E-state index in [1.807, 2.05) is 43.9 Å². The first-order valence-corrected chi connectivity index (χ1v) is 11.4. The van der Waals surface area contributed by atoms with Crippen LogP contribution in [0.4, 0.5) is 0 Å². The third kappa shape index (κ3) is 3.99. The highest BCUT2D eigenvalue weighted by molar-refractivity contribution is 5.99. The largest absolute Gasteiger partial charge is 0.451 e. The predicted octanol–water partition coefficient (Wildman–Crippen LogP) is 3.25. The zero-order valence-electron chi connectivity index (χ0n) is 19.3. The molecule has 8 heteroatoms. The highest BCUT2D eigenvalue weighted by Crippen LogP contribution is 2.31. The van der Waals surface area contributed by atoms with E-state index in [1.54, 1.807) is 11.1 Å². The third-order valence-electron chi connectivity index (χ3n) is 6.65. The Morgan fingerprint density at radius 3 is 2.58 bits per heavy atom. The van der Waals surface area contributed by atoms with Crippen LogP contribution in [0.1, 0.15) is 55.9 Å². The molecule has 2 amide bonds. The zero-order valence-corrected chi connectivity index (χ0v) is 19.3. The number of rotatable bonds is 3. The predicted molar refractivity (Wildman–Crippen MR) is 122 cm³/mol. The molecule has 0 spiro atoms. The molecule has 2 saturated heterocycles. The van der Waals surface area contributed by atoms with Crippen LogP contribution in [0.3, 0.4) is 0 Å². The van der Waals surface area contributed by atoms with Crippen LogP contribution in [-0.4, -0.2) is 71.0 Å². The summed E-state index contributed by atoms with van der Waals surface area (Å²) in [5.74, 6) is 0.964. The first-order valence-electron chi connectivity index (χ1n) is 11.4. The second-order valence-electron chi connectivity index (χ2n) is 8.92. The molecule has 0 saturated carbocycles. The maximum absolute atomic E-state index is 13.2. The Labute approximate surface area is 192 Å². The zero-order chi connectivity index (χ0) is 23.1. The van der Waals surface area contributed by atoms with Crippen molar-refractivity contribution in [2.24, 2.45) is 0 Å². The van der Waals surface area contributed by atoms with Gasteiger partial charge in [0.15, 0.2) is 5.76 Å². The molecule has 2 aromatic heterocycles. The average Bonchev–Trinajstić information content (AvgIpc) is 3.44. The van der Waals surface area contributed by atoms with E-state index in [9.17, 15) is 9.59 Å². The van der Waals surface area contributed by atoms with E-state index in [1.165, 1.54) is 0 Å². The molecule has 4 heterocycles. The van der Waals surface area contributed by atoms with Gasteiger partial charge in [-0.15, -0.1) is 0 Å². The minimum atomic E-state index is -0.0975. The summed E-state index contributed by atoms with van der Waals surface area (Å²) in [4.78, 5) is 38.8. The van der Waals surface area contributed by atoms with Crippen molar-refractivity contribution in [3.8, 4) is 0 Å². The van der Waals surface area contributed by atoms with Crippen molar-refractivity contribution in [1.29, 1.82) is 0 Å².